The van der Waals surface area contributed by atoms with Gasteiger partial charge < -0.3 is 19.7 Å². The van der Waals surface area contributed by atoms with E-state index < -0.39 is 26.3 Å². The smallest absolute Gasteiger partial charge is 0.314 e. The van der Waals surface area contributed by atoms with Gasteiger partial charge in [-0.2, -0.15) is 0 Å². The van der Waals surface area contributed by atoms with Crippen LogP contribution in [0.25, 0.3) is 0 Å². The van der Waals surface area contributed by atoms with E-state index in [0.717, 1.165) is 11.1 Å². The minimum absolute atomic E-state index is 0.303. The van der Waals surface area contributed by atoms with Crippen LogP contribution in [0.4, 0.5) is 4.79 Å². The van der Waals surface area contributed by atoms with Gasteiger partial charge in [-0.15, -0.1) is 0 Å². The summed E-state index contributed by atoms with van der Waals surface area (Å²) in [5, 5.41) is 5.28. The van der Waals surface area contributed by atoms with Crippen LogP contribution in [0.1, 0.15) is 11.1 Å². The molecular formula is C17H18N2O7S2-2. The summed E-state index contributed by atoms with van der Waals surface area (Å²) in [7, 11) is -8.94. The summed E-state index contributed by atoms with van der Waals surface area (Å²) in [6.07, 6.45) is 0.912. The maximum Gasteiger partial charge on any atom is 0.314 e. The number of hydrogen-bond donors (Lipinski definition) is 2. The fourth-order valence-corrected chi connectivity index (χ4v) is 3.29. The highest BCUT2D eigenvalue weighted by atomic mass is 32.2. The van der Waals surface area contributed by atoms with E-state index >= 15 is 0 Å². The molecule has 0 aliphatic carbocycles. The Balaban J connectivity index is 1.70. The zero-order valence-corrected chi connectivity index (χ0v) is 16.3. The zero-order valence-electron chi connectivity index (χ0n) is 14.6. The highest BCUT2D eigenvalue weighted by Gasteiger charge is 2.04. The molecule has 0 saturated heterocycles. The van der Waals surface area contributed by atoms with Crippen LogP contribution < -0.4 is 10.6 Å². The SMILES string of the molecule is O=C(NCCc1ccc(S(=O)(=O)[O-])cc1)NCCc1ccc(S(=O)(=O)[O-])cc1. The fraction of sp³-hybridized carbons (Fsp3) is 0.235. The molecule has 2 amide bonds. The molecule has 0 atom stereocenters. The van der Waals surface area contributed by atoms with Crippen LogP contribution in [-0.4, -0.2) is 45.1 Å². The predicted molar refractivity (Wildman–Crippen MR) is 97.6 cm³/mol. The second kappa shape index (κ2) is 9.15. The number of carbonyl (C=O) groups is 1. The molecule has 0 aliphatic heterocycles. The Hall–Kier alpha value is -2.47. The number of nitrogens with one attached hydrogen (secondary N) is 2. The largest absolute Gasteiger partial charge is 0.744 e. The van der Waals surface area contributed by atoms with Gasteiger partial charge in [0.2, 0.25) is 0 Å². The molecule has 11 heteroatoms. The van der Waals surface area contributed by atoms with Crippen molar-refractivity contribution in [1.82, 2.24) is 10.6 Å². The first-order chi connectivity index (χ1) is 13.1. The van der Waals surface area contributed by atoms with Crippen molar-refractivity contribution in [3.05, 3.63) is 59.7 Å². The quantitative estimate of drug-likeness (QED) is 0.585. The van der Waals surface area contributed by atoms with Crippen LogP contribution in [0.15, 0.2) is 58.3 Å². The maximum atomic E-state index is 11.7. The van der Waals surface area contributed by atoms with Crippen LogP contribution in [0, 0.1) is 0 Å². The zero-order chi connectivity index (χ0) is 20.8. The molecule has 0 fully saturated rings. The van der Waals surface area contributed by atoms with Gasteiger partial charge in [-0.25, -0.2) is 21.6 Å². The topological polar surface area (TPSA) is 156 Å². The van der Waals surface area contributed by atoms with Crippen molar-refractivity contribution in [2.75, 3.05) is 13.1 Å². The standard InChI is InChI=1S/C17H20N2O7S2/c20-17(18-11-9-13-1-5-15(6-2-13)27(21,22)23)19-12-10-14-3-7-16(8-4-14)28(24,25)26/h1-8H,9-12H2,(H2,18,19,20)(H,21,22,23)(H,24,25,26)/p-2. The van der Waals surface area contributed by atoms with Gasteiger partial charge in [-0.05, 0) is 48.2 Å². The van der Waals surface area contributed by atoms with E-state index in [1.54, 1.807) is 0 Å². The highest BCUT2D eigenvalue weighted by molar-refractivity contribution is 7.86. The lowest BCUT2D eigenvalue weighted by molar-refractivity contribution is 0.241. The molecule has 0 aromatic heterocycles. The van der Waals surface area contributed by atoms with Crippen LogP contribution in [0.2, 0.25) is 0 Å². The minimum Gasteiger partial charge on any atom is -0.744 e. The third-order valence-corrected chi connectivity index (χ3v) is 5.52. The van der Waals surface area contributed by atoms with Gasteiger partial charge in [0.1, 0.15) is 20.2 Å². The van der Waals surface area contributed by atoms with E-state index in [1.807, 2.05) is 0 Å². The van der Waals surface area contributed by atoms with Crippen molar-refractivity contribution in [3.63, 3.8) is 0 Å². The molecule has 0 radical (unpaired) electrons. The number of amides is 2. The van der Waals surface area contributed by atoms with E-state index in [-0.39, 0.29) is 9.79 Å². The summed E-state index contributed by atoms with van der Waals surface area (Å²) < 4.78 is 65.1. The second-order valence-electron chi connectivity index (χ2n) is 5.88. The summed E-state index contributed by atoms with van der Waals surface area (Å²) in [5.74, 6) is 0. The predicted octanol–water partition coefficient (Wildman–Crippen LogP) is 0.579. The summed E-state index contributed by atoms with van der Waals surface area (Å²) in [6, 6.07) is 10.5. The molecule has 9 nitrogen and oxygen atoms in total. The number of benzene rings is 2. The Labute approximate surface area is 163 Å². The van der Waals surface area contributed by atoms with E-state index in [1.165, 1.54) is 48.5 Å². The molecule has 0 aliphatic rings. The summed E-state index contributed by atoms with van der Waals surface area (Å²) in [4.78, 5) is 11.1. The van der Waals surface area contributed by atoms with E-state index in [0.29, 0.717) is 25.9 Å². The minimum atomic E-state index is -4.47. The van der Waals surface area contributed by atoms with Gasteiger partial charge in [0, 0.05) is 13.1 Å². The average molecular weight is 426 g/mol. The number of rotatable bonds is 8. The van der Waals surface area contributed by atoms with Crippen molar-refractivity contribution in [1.29, 1.82) is 0 Å². The van der Waals surface area contributed by atoms with E-state index in [4.69, 9.17) is 0 Å². The monoisotopic (exact) mass is 426 g/mol. The molecule has 28 heavy (non-hydrogen) atoms. The van der Waals surface area contributed by atoms with E-state index in [9.17, 15) is 30.7 Å². The number of carbonyl (C=O) groups excluding carboxylic acids is 1. The Morgan fingerprint density at radius 1 is 0.679 bits per heavy atom. The van der Waals surface area contributed by atoms with Gasteiger partial charge in [-0.1, -0.05) is 24.3 Å². The third-order valence-electron chi connectivity index (χ3n) is 3.82. The van der Waals surface area contributed by atoms with Crippen molar-refractivity contribution >= 4 is 26.3 Å². The molecule has 2 rings (SSSR count). The summed E-state index contributed by atoms with van der Waals surface area (Å²) in [6.45, 7) is 0.622. The highest BCUT2D eigenvalue weighted by Crippen LogP contribution is 2.11. The molecule has 2 aromatic rings. The molecule has 0 bridgehead atoms. The molecule has 0 spiro atoms. The lowest BCUT2D eigenvalue weighted by Gasteiger charge is -2.10. The van der Waals surface area contributed by atoms with E-state index in [2.05, 4.69) is 10.6 Å². The molecule has 152 valence electrons. The Morgan fingerprint density at radius 2 is 1.00 bits per heavy atom. The fourth-order valence-electron chi connectivity index (χ4n) is 2.35. The van der Waals surface area contributed by atoms with Gasteiger partial charge in [0.15, 0.2) is 0 Å². The molecule has 0 heterocycles. The normalized spacial score (nSPS) is 11.8. The van der Waals surface area contributed by atoms with Crippen molar-refractivity contribution in [3.8, 4) is 0 Å². The lowest BCUT2D eigenvalue weighted by Crippen LogP contribution is -2.37. The van der Waals surface area contributed by atoms with Crippen LogP contribution >= 0.6 is 0 Å². The van der Waals surface area contributed by atoms with Crippen molar-refractivity contribution in [2.45, 2.75) is 22.6 Å². The van der Waals surface area contributed by atoms with Crippen LogP contribution in [-0.2, 0) is 33.1 Å². The second-order valence-corrected chi connectivity index (χ2v) is 8.64. The first-order valence-corrected chi connectivity index (χ1v) is 11.0. The first kappa shape index (κ1) is 21.8. The Kier molecular flexibility index (Phi) is 7.13. The molecule has 2 aromatic carbocycles. The van der Waals surface area contributed by atoms with Crippen molar-refractivity contribution < 1.29 is 30.7 Å². The Bertz CT molecular complexity index is 933. The first-order valence-electron chi connectivity index (χ1n) is 8.17. The Morgan fingerprint density at radius 3 is 1.29 bits per heavy atom. The number of urea groups is 1. The number of hydrogen-bond acceptors (Lipinski definition) is 7. The van der Waals surface area contributed by atoms with Crippen LogP contribution in [0.5, 0.6) is 0 Å². The van der Waals surface area contributed by atoms with Gasteiger partial charge in [0.05, 0.1) is 9.79 Å². The lowest BCUT2D eigenvalue weighted by atomic mass is 10.1. The summed E-state index contributed by atoms with van der Waals surface area (Å²) >= 11 is 0. The van der Waals surface area contributed by atoms with Crippen molar-refractivity contribution in [2.24, 2.45) is 0 Å². The van der Waals surface area contributed by atoms with Gasteiger partial charge in [-0.3, -0.25) is 0 Å². The maximum absolute atomic E-state index is 11.7. The molecule has 0 saturated carbocycles. The summed E-state index contributed by atoms with van der Waals surface area (Å²) in [5.41, 5.74) is 1.53. The van der Waals surface area contributed by atoms with Crippen LogP contribution in [0.3, 0.4) is 0 Å². The van der Waals surface area contributed by atoms with Gasteiger partial charge in [0.25, 0.3) is 0 Å². The van der Waals surface area contributed by atoms with Gasteiger partial charge >= 0.3 is 6.03 Å². The molecule has 2 N–H and O–H groups in total. The molecule has 0 unspecified atom stereocenters. The average Bonchev–Trinajstić information content (AvgIpc) is 2.61. The molecular weight excluding hydrogens is 408 g/mol. The third kappa shape index (κ3) is 6.93.